The van der Waals surface area contributed by atoms with Crippen molar-refractivity contribution in [3.63, 3.8) is 0 Å². The van der Waals surface area contributed by atoms with E-state index >= 15 is 0 Å². The summed E-state index contributed by atoms with van der Waals surface area (Å²) in [5, 5.41) is 12.9. The molecule has 2 rings (SSSR count). The summed E-state index contributed by atoms with van der Waals surface area (Å²) in [5.41, 5.74) is 0.263. The fraction of sp³-hybridized carbons (Fsp3) is 0.500. The van der Waals surface area contributed by atoms with Crippen molar-refractivity contribution in [2.45, 2.75) is 19.4 Å². The molecule has 1 aromatic rings. The Hall–Kier alpha value is -0.840. The van der Waals surface area contributed by atoms with Gasteiger partial charge in [0, 0.05) is 12.6 Å². The molecule has 5 heteroatoms. The minimum absolute atomic E-state index is 0.263. The Morgan fingerprint density at radius 1 is 1.77 bits per heavy atom. The van der Waals surface area contributed by atoms with E-state index in [0.29, 0.717) is 10.5 Å². The van der Waals surface area contributed by atoms with Crippen LogP contribution in [0.3, 0.4) is 0 Å². The molecule has 70 valence electrons. The molecule has 0 radical (unpaired) electrons. The minimum Gasteiger partial charge on any atom is -0.477 e. The van der Waals surface area contributed by atoms with Crippen molar-refractivity contribution in [3.8, 4) is 0 Å². The van der Waals surface area contributed by atoms with Gasteiger partial charge in [-0.1, -0.05) is 0 Å². The molecule has 13 heavy (non-hydrogen) atoms. The van der Waals surface area contributed by atoms with Crippen molar-refractivity contribution < 1.29 is 9.90 Å². The predicted molar refractivity (Wildman–Crippen MR) is 49.6 cm³/mol. The molecule has 1 heterocycles. The molecule has 1 aliphatic carbocycles. The van der Waals surface area contributed by atoms with Crippen LogP contribution in [0.4, 0.5) is 0 Å². The van der Waals surface area contributed by atoms with Crippen LogP contribution in [0.25, 0.3) is 0 Å². The van der Waals surface area contributed by atoms with E-state index in [0.717, 1.165) is 6.54 Å². The molecule has 4 nitrogen and oxygen atoms in total. The summed E-state index contributed by atoms with van der Waals surface area (Å²) in [7, 11) is 0. The molecule has 0 amide bonds. The Kier molecular flexibility index (Phi) is 2.11. The second-order valence-corrected chi connectivity index (χ2v) is 4.10. The topological polar surface area (TPSA) is 55.1 Å². The van der Waals surface area contributed by atoms with Crippen LogP contribution in [0.5, 0.6) is 0 Å². The van der Waals surface area contributed by atoms with Gasteiger partial charge in [-0.05, 0) is 34.7 Å². The summed E-state index contributed by atoms with van der Waals surface area (Å²) in [4.78, 5) is 10.8. The monoisotopic (exact) mass is 244 g/mol. The number of halogens is 1. The zero-order chi connectivity index (χ0) is 9.42. The molecule has 1 aliphatic rings. The van der Waals surface area contributed by atoms with Gasteiger partial charge in [-0.15, -0.1) is 0 Å². The Morgan fingerprint density at radius 3 is 3.00 bits per heavy atom. The lowest BCUT2D eigenvalue weighted by molar-refractivity contribution is 0.0682. The second kappa shape index (κ2) is 3.14. The minimum atomic E-state index is -0.918. The van der Waals surface area contributed by atoms with Gasteiger partial charge in [0.05, 0.1) is 0 Å². The first kappa shape index (κ1) is 8.74. The van der Waals surface area contributed by atoms with E-state index in [4.69, 9.17) is 5.11 Å². The van der Waals surface area contributed by atoms with Gasteiger partial charge in [-0.3, -0.25) is 4.68 Å². The molecule has 0 atom stereocenters. The summed E-state index contributed by atoms with van der Waals surface area (Å²) in [5.74, 6) is -0.288. The first-order valence-electron chi connectivity index (χ1n) is 4.13. The lowest BCUT2D eigenvalue weighted by atomic mass is 10.4. The van der Waals surface area contributed by atoms with E-state index in [1.807, 2.05) is 0 Å². The van der Waals surface area contributed by atoms with Crippen LogP contribution in [-0.4, -0.2) is 20.9 Å². The van der Waals surface area contributed by atoms with Crippen LogP contribution in [0.15, 0.2) is 10.7 Å². The van der Waals surface area contributed by atoms with E-state index in [1.54, 1.807) is 4.68 Å². The predicted octanol–water partition coefficient (Wildman–Crippen LogP) is 1.75. The van der Waals surface area contributed by atoms with Crippen molar-refractivity contribution in [2.24, 2.45) is 5.92 Å². The normalized spacial score (nSPS) is 16.1. The smallest absolute Gasteiger partial charge is 0.354 e. The fourth-order valence-electron chi connectivity index (χ4n) is 1.24. The Labute approximate surface area is 83.7 Å². The van der Waals surface area contributed by atoms with Crippen molar-refractivity contribution in [1.82, 2.24) is 9.78 Å². The zero-order valence-electron chi connectivity index (χ0n) is 6.90. The number of aromatic carboxylic acids is 1. The molecule has 1 fully saturated rings. The van der Waals surface area contributed by atoms with Crippen molar-refractivity contribution >= 4 is 21.9 Å². The SMILES string of the molecule is O=C(O)c1cc(Br)nn1CC1CC1. The lowest BCUT2D eigenvalue weighted by Gasteiger charge is -2.01. The highest BCUT2D eigenvalue weighted by atomic mass is 79.9. The second-order valence-electron chi connectivity index (χ2n) is 3.28. The van der Waals surface area contributed by atoms with Crippen molar-refractivity contribution in [3.05, 3.63) is 16.4 Å². The number of carboxylic acids is 1. The quantitative estimate of drug-likeness (QED) is 0.882. The van der Waals surface area contributed by atoms with Gasteiger partial charge in [0.25, 0.3) is 0 Å². The van der Waals surface area contributed by atoms with Gasteiger partial charge in [0.1, 0.15) is 10.3 Å². The van der Waals surface area contributed by atoms with Gasteiger partial charge in [0.15, 0.2) is 0 Å². The molecule has 0 unspecified atom stereocenters. The fourth-order valence-corrected chi connectivity index (χ4v) is 1.65. The van der Waals surface area contributed by atoms with Gasteiger partial charge >= 0.3 is 5.97 Å². The molecule has 0 aromatic carbocycles. The summed E-state index contributed by atoms with van der Waals surface area (Å²) in [6.45, 7) is 0.729. The Morgan fingerprint density at radius 2 is 2.46 bits per heavy atom. The van der Waals surface area contributed by atoms with Crippen molar-refractivity contribution in [1.29, 1.82) is 0 Å². The molecule has 0 aliphatic heterocycles. The number of carboxylic acid groups (broad SMARTS) is 1. The number of nitrogens with zero attached hydrogens (tertiary/aromatic N) is 2. The van der Waals surface area contributed by atoms with Crippen LogP contribution >= 0.6 is 15.9 Å². The average Bonchev–Trinajstić information content (AvgIpc) is 2.75. The van der Waals surface area contributed by atoms with E-state index in [-0.39, 0.29) is 5.69 Å². The number of carbonyl (C=O) groups is 1. The van der Waals surface area contributed by atoms with E-state index in [1.165, 1.54) is 18.9 Å². The maximum Gasteiger partial charge on any atom is 0.354 e. The number of aromatic nitrogens is 2. The average molecular weight is 245 g/mol. The van der Waals surface area contributed by atoms with Crippen LogP contribution in [0.1, 0.15) is 23.3 Å². The highest BCUT2D eigenvalue weighted by molar-refractivity contribution is 9.10. The summed E-state index contributed by atoms with van der Waals surface area (Å²) < 4.78 is 2.15. The standard InChI is InChI=1S/C8H9BrN2O2/c9-7-3-6(8(12)13)11(10-7)4-5-1-2-5/h3,5H,1-2,4H2,(H,12,13). The Bertz CT molecular complexity index is 344. The lowest BCUT2D eigenvalue weighted by Crippen LogP contribution is -2.10. The molecule has 0 spiro atoms. The molecule has 1 saturated carbocycles. The maximum atomic E-state index is 10.8. The first-order chi connectivity index (χ1) is 6.16. The first-order valence-corrected chi connectivity index (χ1v) is 4.93. The van der Waals surface area contributed by atoms with E-state index < -0.39 is 5.97 Å². The zero-order valence-corrected chi connectivity index (χ0v) is 8.49. The van der Waals surface area contributed by atoms with Gasteiger partial charge < -0.3 is 5.11 Å². The highest BCUT2D eigenvalue weighted by Gasteiger charge is 2.24. The molecule has 1 N–H and O–H groups in total. The van der Waals surface area contributed by atoms with E-state index in [9.17, 15) is 4.79 Å². The molecule has 1 aromatic heterocycles. The summed E-state index contributed by atoms with van der Waals surface area (Å²) >= 11 is 3.17. The molecule has 0 bridgehead atoms. The third-order valence-electron chi connectivity index (χ3n) is 2.10. The number of rotatable bonds is 3. The van der Waals surface area contributed by atoms with Crippen LogP contribution in [0, 0.1) is 5.92 Å². The number of hydrogen-bond acceptors (Lipinski definition) is 2. The highest BCUT2D eigenvalue weighted by Crippen LogP contribution is 2.31. The van der Waals surface area contributed by atoms with E-state index in [2.05, 4.69) is 21.0 Å². The van der Waals surface area contributed by atoms with Gasteiger partial charge in [-0.25, -0.2) is 4.79 Å². The Balaban J connectivity index is 2.24. The summed E-state index contributed by atoms with van der Waals surface area (Å²) in [6.07, 6.45) is 2.38. The summed E-state index contributed by atoms with van der Waals surface area (Å²) in [6, 6.07) is 1.53. The third kappa shape index (κ3) is 1.91. The van der Waals surface area contributed by atoms with Crippen LogP contribution in [0.2, 0.25) is 0 Å². The molecular formula is C8H9BrN2O2. The van der Waals surface area contributed by atoms with Crippen LogP contribution < -0.4 is 0 Å². The largest absolute Gasteiger partial charge is 0.477 e. The molecular weight excluding hydrogens is 236 g/mol. The molecule has 0 saturated heterocycles. The third-order valence-corrected chi connectivity index (χ3v) is 2.48. The maximum absolute atomic E-state index is 10.8. The van der Waals surface area contributed by atoms with Crippen LogP contribution in [-0.2, 0) is 6.54 Å². The van der Waals surface area contributed by atoms with Gasteiger partial charge in [0.2, 0.25) is 0 Å². The van der Waals surface area contributed by atoms with Gasteiger partial charge in [-0.2, -0.15) is 5.10 Å². The number of hydrogen-bond donors (Lipinski definition) is 1. The van der Waals surface area contributed by atoms with Crippen molar-refractivity contribution in [2.75, 3.05) is 0 Å².